The predicted molar refractivity (Wildman–Crippen MR) is 75.0 cm³/mol. The monoisotopic (exact) mass is 257 g/mol. The Hall–Kier alpha value is -1.45. The molecular weight excluding hydrogens is 238 g/mol. The molecule has 2 atom stereocenters. The fourth-order valence-electron chi connectivity index (χ4n) is 2.66. The molecular formula is C16H19NO2. The molecule has 0 radical (unpaired) electrons. The van der Waals surface area contributed by atoms with Crippen LogP contribution in [-0.4, -0.2) is 22.8 Å². The molecule has 2 unspecified atom stereocenters. The second-order valence-electron chi connectivity index (χ2n) is 5.25. The summed E-state index contributed by atoms with van der Waals surface area (Å²) in [6, 6.07) is 10.00. The maximum Gasteiger partial charge on any atom is 0.105 e. The molecule has 1 fully saturated rings. The number of benzene rings is 1. The van der Waals surface area contributed by atoms with E-state index >= 15 is 0 Å². The number of pyridine rings is 1. The van der Waals surface area contributed by atoms with E-state index in [0.717, 1.165) is 48.0 Å². The zero-order chi connectivity index (χ0) is 13.2. The SMILES string of the molecule is Cc1ccc2cc(C(O)C3CCCCO3)ccc2n1. The molecule has 1 aromatic carbocycles. The Labute approximate surface area is 113 Å². The van der Waals surface area contributed by atoms with Crippen molar-refractivity contribution in [2.45, 2.75) is 38.4 Å². The number of hydrogen-bond donors (Lipinski definition) is 1. The standard InChI is InChI=1S/C16H19NO2/c1-11-5-6-12-10-13(7-8-14(12)17-11)16(18)15-4-2-3-9-19-15/h5-8,10,15-16,18H,2-4,9H2,1H3. The number of aryl methyl sites for hydroxylation is 1. The number of nitrogens with zero attached hydrogens (tertiary/aromatic N) is 1. The Morgan fingerprint density at radius 1 is 1.26 bits per heavy atom. The molecule has 0 aliphatic carbocycles. The molecule has 1 aliphatic rings. The summed E-state index contributed by atoms with van der Waals surface area (Å²) in [5.41, 5.74) is 2.90. The molecule has 3 heteroatoms. The molecule has 2 heterocycles. The van der Waals surface area contributed by atoms with Gasteiger partial charge in [-0.25, -0.2) is 0 Å². The van der Waals surface area contributed by atoms with Gasteiger partial charge in [-0.05, 0) is 49.9 Å². The molecule has 19 heavy (non-hydrogen) atoms. The van der Waals surface area contributed by atoms with Crippen molar-refractivity contribution >= 4 is 10.9 Å². The van der Waals surface area contributed by atoms with Crippen molar-refractivity contribution in [3.8, 4) is 0 Å². The van der Waals surface area contributed by atoms with E-state index < -0.39 is 6.10 Å². The summed E-state index contributed by atoms with van der Waals surface area (Å²) >= 11 is 0. The molecule has 0 spiro atoms. The van der Waals surface area contributed by atoms with Gasteiger partial charge in [-0.2, -0.15) is 0 Å². The van der Waals surface area contributed by atoms with Crippen molar-refractivity contribution in [2.24, 2.45) is 0 Å². The second kappa shape index (κ2) is 5.27. The Kier molecular flexibility index (Phi) is 3.49. The van der Waals surface area contributed by atoms with Crippen molar-refractivity contribution < 1.29 is 9.84 Å². The summed E-state index contributed by atoms with van der Waals surface area (Å²) in [5, 5.41) is 11.5. The number of aliphatic hydroxyl groups is 1. The Morgan fingerprint density at radius 3 is 2.95 bits per heavy atom. The van der Waals surface area contributed by atoms with Crippen LogP contribution in [0.1, 0.15) is 36.6 Å². The van der Waals surface area contributed by atoms with Gasteiger partial charge in [0, 0.05) is 17.7 Å². The highest BCUT2D eigenvalue weighted by atomic mass is 16.5. The summed E-state index contributed by atoms with van der Waals surface area (Å²) in [7, 11) is 0. The molecule has 3 rings (SSSR count). The van der Waals surface area contributed by atoms with E-state index in [1.807, 2.05) is 31.2 Å². The first-order valence-corrected chi connectivity index (χ1v) is 6.91. The van der Waals surface area contributed by atoms with Gasteiger partial charge in [0.2, 0.25) is 0 Å². The third-order valence-electron chi connectivity index (χ3n) is 3.76. The quantitative estimate of drug-likeness (QED) is 0.898. The first-order valence-electron chi connectivity index (χ1n) is 6.91. The molecule has 1 saturated heterocycles. The minimum absolute atomic E-state index is 0.0652. The average Bonchev–Trinajstić information content (AvgIpc) is 2.47. The van der Waals surface area contributed by atoms with Gasteiger partial charge in [-0.3, -0.25) is 4.98 Å². The third-order valence-corrected chi connectivity index (χ3v) is 3.76. The Morgan fingerprint density at radius 2 is 2.16 bits per heavy atom. The zero-order valence-corrected chi connectivity index (χ0v) is 11.2. The van der Waals surface area contributed by atoms with Crippen LogP contribution < -0.4 is 0 Å². The van der Waals surface area contributed by atoms with E-state index in [1.165, 1.54) is 0 Å². The highest BCUT2D eigenvalue weighted by Gasteiger charge is 2.24. The average molecular weight is 257 g/mol. The molecule has 0 bridgehead atoms. The molecule has 2 aromatic rings. The smallest absolute Gasteiger partial charge is 0.105 e. The summed E-state index contributed by atoms with van der Waals surface area (Å²) < 4.78 is 5.66. The maximum absolute atomic E-state index is 10.4. The molecule has 0 amide bonds. The second-order valence-corrected chi connectivity index (χ2v) is 5.25. The number of aliphatic hydroxyl groups excluding tert-OH is 1. The van der Waals surface area contributed by atoms with Crippen LogP contribution in [0.25, 0.3) is 10.9 Å². The van der Waals surface area contributed by atoms with Crippen LogP contribution in [0.2, 0.25) is 0 Å². The van der Waals surface area contributed by atoms with E-state index in [-0.39, 0.29) is 6.10 Å². The molecule has 0 saturated carbocycles. The van der Waals surface area contributed by atoms with Gasteiger partial charge in [0.25, 0.3) is 0 Å². The normalized spacial score (nSPS) is 21.5. The van der Waals surface area contributed by atoms with Crippen LogP contribution in [0, 0.1) is 6.92 Å². The van der Waals surface area contributed by atoms with E-state index in [4.69, 9.17) is 4.74 Å². The first kappa shape index (κ1) is 12.6. The van der Waals surface area contributed by atoms with Gasteiger partial charge in [0.05, 0.1) is 11.6 Å². The third kappa shape index (κ3) is 2.62. The molecule has 1 N–H and O–H groups in total. The Balaban J connectivity index is 1.89. The lowest BCUT2D eigenvalue weighted by molar-refractivity contribution is -0.0632. The largest absolute Gasteiger partial charge is 0.386 e. The first-order chi connectivity index (χ1) is 9.24. The van der Waals surface area contributed by atoms with Gasteiger partial charge >= 0.3 is 0 Å². The fourth-order valence-corrected chi connectivity index (χ4v) is 2.66. The lowest BCUT2D eigenvalue weighted by Crippen LogP contribution is -2.26. The highest BCUT2D eigenvalue weighted by molar-refractivity contribution is 5.79. The minimum Gasteiger partial charge on any atom is -0.386 e. The number of ether oxygens (including phenoxy) is 1. The number of fused-ring (bicyclic) bond motifs is 1. The highest BCUT2D eigenvalue weighted by Crippen LogP contribution is 2.28. The van der Waals surface area contributed by atoms with Crippen molar-refractivity contribution in [3.63, 3.8) is 0 Å². The van der Waals surface area contributed by atoms with Gasteiger partial charge in [-0.1, -0.05) is 12.1 Å². The van der Waals surface area contributed by atoms with Gasteiger partial charge in [0.1, 0.15) is 6.10 Å². The van der Waals surface area contributed by atoms with Crippen molar-refractivity contribution in [2.75, 3.05) is 6.61 Å². The van der Waals surface area contributed by atoms with Crippen LogP contribution >= 0.6 is 0 Å². The Bertz CT molecular complexity index is 576. The minimum atomic E-state index is -0.536. The van der Waals surface area contributed by atoms with Crippen molar-refractivity contribution in [1.29, 1.82) is 0 Å². The topological polar surface area (TPSA) is 42.4 Å². The zero-order valence-electron chi connectivity index (χ0n) is 11.2. The van der Waals surface area contributed by atoms with Crippen LogP contribution in [0.4, 0.5) is 0 Å². The number of aromatic nitrogens is 1. The van der Waals surface area contributed by atoms with Crippen LogP contribution in [0.5, 0.6) is 0 Å². The van der Waals surface area contributed by atoms with E-state index in [0.29, 0.717) is 0 Å². The lowest BCUT2D eigenvalue weighted by atomic mass is 9.97. The predicted octanol–water partition coefficient (Wildman–Crippen LogP) is 3.15. The lowest BCUT2D eigenvalue weighted by Gasteiger charge is -2.27. The van der Waals surface area contributed by atoms with Gasteiger partial charge in [0.15, 0.2) is 0 Å². The fraction of sp³-hybridized carbons (Fsp3) is 0.438. The van der Waals surface area contributed by atoms with E-state index in [2.05, 4.69) is 11.1 Å². The van der Waals surface area contributed by atoms with Gasteiger partial charge < -0.3 is 9.84 Å². The number of rotatable bonds is 2. The van der Waals surface area contributed by atoms with E-state index in [9.17, 15) is 5.11 Å². The van der Waals surface area contributed by atoms with Gasteiger partial charge in [-0.15, -0.1) is 0 Å². The number of hydrogen-bond acceptors (Lipinski definition) is 3. The summed E-state index contributed by atoms with van der Waals surface area (Å²) in [6.45, 7) is 2.74. The van der Waals surface area contributed by atoms with E-state index in [1.54, 1.807) is 0 Å². The molecule has 1 aromatic heterocycles. The van der Waals surface area contributed by atoms with Crippen molar-refractivity contribution in [1.82, 2.24) is 4.98 Å². The van der Waals surface area contributed by atoms with Crippen LogP contribution in [-0.2, 0) is 4.74 Å². The van der Waals surface area contributed by atoms with Crippen LogP contribution in [0.15, 0.2) is 30.3 Å². The summed E-state index contributed by atoms with van der Waals surface area (Å²) in [4.78, 5) is 4.48. The molecule has 1 aliphatic heterocycles. The maximum atomic E-state index is 10.4. The van der Waals surface area contributed by atoms with Crippen molar-refractivity contribution in [3.05, 3.63) is 41.6 Å². The molecule has 3 nitrogen and oxygen atoms in total. The summed E-state index contributed by atoms with van der Waals surface area (Å²) in [6.07, 6.45) is 2.57. The molecule has 100 valence electrons. The van der Waals surface area contributed by atoms with Crippen LogP contribution in [0.3, 0.4) is 0 Å². The summed E-state index contributed by atoms with van der Waals surface area (Å²) in [5.74, 6) is 0.